The molecule has 0 heterocycles. The van der Waals surface area contributed by atoms with Crippen molar-refractivity contribution >= 4 is 28.9 Å². The lowest BCUT2D eigenvalue weighted by Crippen LogP contribution is -2.22. The highest BCUT2D eigenvalue weighted by Gasteiger charge is 2.33. The number of nitrogens with one attached hydrogen (secondary N) is 2. The fourth-order valence-corrected chi connectivity index (χ4v) is 3.70. The van der Waals surface area contributed by atoms with Gasteiger partial charge < -0.3 is 22.1 Å². The molecule has 1 aliphatic rings. The molecule has 0 radical (unpaired) electrons. The Morgan fingerprint density at radius 3 is 1.92 bits per heavy atom. The van der Waals surface area contributed by atoms with Crippen LogP contribution >= 0.6 is 0 Å². The van der Waals surface area contributed by atoms with Crippen LogP contribution in [0.4, 0.5) is 30.2 Å². The second-order valence-corrected chi connectivity index (χ2v) is 8.29. The zero-order chi connectivity index (χ0) is 25.9. The highest BCUT2D eigenvalue weighted by Crippen LogP contribution is 2.34. The number of nitrogen functional groups attached to an aromatic ring is 1. The molecule has 0 aliphatic heterocycles. The Balaban J connectivity index is 1.40. The predicted octanol–water partition coefficient (Wildman–Crippen LogP) is 5.36. The molecule has 184 valence electrons. The maximum atomic E-state index is 13.1. The zero-order valence-electron chi connectivity index (χ0n) is 19.0. The Labute approximate surface area is 205 Å². The van der Waals surface area contributed by atoms with E-state index in [1.165, 1.54) is 6.07 Å². The van der Waals surface area contributed by atoms with Crippen LogP contribution in [0.15, 0.2) is 90.5 Å². The Bertz CT molecular complexity index is 1340. The van der Waals surface area contributed by atoms with Gasteiger partial charge in [-0.2, -0.15) is 13.2 Å². The SMILES string of the molecule is Nc1ccc(C(=O)Nc2ccc(-c3ccc(NC(=O)C4=CC(N)CC=C4)cc3)cc2)cc1C(F)(F)F. The van der Waals surface area contributed by atoms with Crippen molar-refractivity contribution < 1.29 is 22.8 Å². The van der Waals surface area contributed by atoms with Crippen LogP contribution in [0.1, 0.15) is 22.3 Å². The number of nitrogens with two attached hydrogens (primary N) is 2. The summed E-state index contributed by atoms with van der Waals surface area (Å²) in [6.45, 7) is 0. The topological polar surface area (TPSA) is 110 Å². The number of hydrogen-bond acceptors (Lipinski definition) is 4. The Hall–Kier alpha value is -4.37. The van der Waals surface area contributed by atoms with Crippen molar-refractivity contribution in [3.05, 3.63) is 102 Å². The molecule has 0 saturated heterocycles. The van der Waals surface area contributed by atoms with Crippen molar-refractivity contribution in [3.8, 4) is 11.1 Å². The van der Waals surface area contributed by atoms with Crippen molar-refractivity contribution in [2.75, 3.05) is 16.4 Å². The molecule has 2 amide bonds. The van der Waals surface area contributed by atoms with E-state index in [0.717, 1.165) is 23.3 Å². The second-order valence-electron chi connectivity index (χ2n) is 8.29. The monoisotopic (exact) mass is 492 g/mol. The third-order valence-corrected chi connectivity index (χ3v) is 5.60. The van der Waals surface area contributed by atoms with Crippen LogP contribution in [-0.4, -0.2) is 17.9 Å². The van der Waals surface area contributed by atoms with E-state index in [0.29, 0.717) is 23.4 Å². The van der Waals surface area contributed by atoms with E-state index in [-0.39, 0.29) is 17.5 Å². The van der Waals surface area contributed by atoms with Crippen molar-refractivity contribution in [2.45, 2.75) is 18.6 Å². The summed E-state index contributed by atoms with van der Waals surface area (Å²) in [4.78, 5) is 24.8. The average molecular weight is 493 g/mol. The lowest BCUT2D eigenvalue weighted by molar-refractivity contribution is -0.136. The molecule has 9 heteroatoms. The number of halogens is 3. The second kappa shape index (κ2) is 10.1. The lowest BCUT2D eigenvalue weighted by Gasteiger charge is -2.13. The quantitative estimate of drug-likeness (QED) is 0.360. The molecule has 4 rings (SSSR count). The minimum absolute atomic E-state index is 0.153. The molecule has 0 bridgehead atoms. The lowest BCUT2D eigenvalue weighted by atomic mass is 10.0. The van der Waals surface area contributed by atoms with Gasteiger partial charge in [-0.05, 0) is 60.0 Å². The number of benzene rings is 3. The Kier molecular flexibility index (Phi) is 6.93. The van der Waals surface area contributed by atoms with E-state index in [1.54, 1.807) is 48.6 Å². The predicted molar refractivity (Wildman–Crippen MR) is 134 cm³/mol. The van der Waals surface area contributed by atoms with Crippen molar-refractivity contribution in [2.24, 2.45) is 5.73 Å². The summed E-state index contributed by atoms with van der Waals surface area (Å²) in [5.74, 6) is -0.921. The molecule has 0 saturated carbocycles. The molecule has 1 aliphatic carbocycles. The minimum atomic E-state index is -4.65. The van der Waals surface area contributed by atoms with E-state index in [1.807, 2.05) is 18.2 Å². The molecule has 1 unspecified atom stereocenters. The maximum Gasteiger partial charge on any atom is 0.418 e. The van der Waals surface area contributed by atoms with Gasteiger partial charge in [0.1, 0.15) is 0 Å². The van der Waals surface area contributed by atoms with Gasteiger partial charge >= 0.3 is 6.18 Å². The van der Waals surface area contributed by atoms with E-state index >= 15 is 0 Å². The number of rotatable bonds is 5. The third-order valence-electron chi connectivity index (χ3n) is 5.60. The smallest absolute Gasteiger partial charge is 0.398 e. The summed E-state index contributed by atoms with van der Waals surface area (Å²) in [6, 6.07) is 16.9. The maximum absolute atomic E-state index is 13.1. The van der Waals surface area contributed by atoms with Gasteiger partial charge in [0.05, 0.1) is 5.56 Å². The summed E-state index contributed by atoms with van der Waals surface area (Å²) in [7, 11) is 0. The van der Waals surface area contributed by atoms with Gasteiger partial charge in [-0.1, -0.05) is 42.5 Å². The number of amides is 2. The fraction of sp³-hybridized carbons (Fsp3) is 0.111. The van der Waals surface area contributed by atoms with E-state index in [4.69, 9.17) is 11.5 Å². The third kappa shape index (κ3) is 5.81. The van der Waals surface area contributed by atoms with Crippen molar-refractivity contribution in [1.82, 2.24) is 0 Å². The molecule has 6 nitrogen and oxygen atoms in total. The molecular weight excluding hydrogens is 469 g/mol. The summed E-state index contributed by atoms with van der Waals surface area (Å²) in [5, 5.41) is 5.42. The van der Waals surface area contributed by atoms with E-state index < -0.39 is 23.3 Å². The highest BCUT2D eigenvalue weighted by molar-refractivity contribution is 6.06. The Morgan fingerprint density at radius 2 is 1.39 bits per heavy atom. The standard InChI is InChI=1S/C27H23F3N4O2/c28-27(29,30)23-15-19(8-13-24(23)32)26(36)34-22-11-6-17(7-12-22)16-4-9-21(10-5-16)33-25(35)18-2-1-3-20(31)14-18/h1-2,4-15,20H,3,31-32H2,(H,33,35)(H,34,36). The molecule has 3 aromatic carbocycles. The first-order chi connectivity index (χ1) is 17.1. The van der Waals surface area contributed by atoms with Crippen molar-refractivity contribution in [3.63, 3.8) is 0 Å². The first kappa shape index (κ1) is 24.7. The average Bonchev–Trinajstić information content (AvgIpc) is 2.84. The molecule has 3 aromatic rings. The van der Waals surface area contributed by atoms with Crippen LogP contribution in [0.2, 0.25) is 0 Å². The van der Waals surface area contributed by atoms with Gasteiger partial charge in [-0.3, -0.25) is 9.59 Å². The molecule has 6 N–H and O–H groups in total. The number of carbonyl (C=O) groups is 2. The largest absolute Gasteiger partial charge is 0.418 e. The van der Waals surface area contributed by atoms with Crippen LogP contribution in [0, 0.1) is 0 Å². The van der Waals surface area contributed by atoms with Crippen LogP contribution in [0.5, 0.6) is 0 Å². The van der Waals surface area contributed by atoms with Crippen LogP contribution in [0.25, 0.3) is 11.1 Å². The molecule has 0 spiro atoms. The number of carbonyl (C=O) groups excluding carboxylic acids is 2. The molecule has 1 atom stereocenters. The van der Waals surface area contributed by atoms with Gasteiger partial charge in [-0.15, -0.1) is 0 Å². The van der Waals surface area contributed by atoms with E-state index in [2.05, 4.69) is 10.6 Å². The summed E-state index contributed by atoms with van der Waals surface area (Å²) >= 11 is 0. The summed E-state index contributed by atoms with van der Waals surface area (Å²) < 4.78 is 39.2. The zero-order valence-corrected chi connectivity index (χ0v) is 19.0. The number of anilines is 3. The molecule has 0 fully saturated rings. The fourth-order valence-electron chi connectivity index (χ4n) is 3.70. The normalized spacial score (nSPS) is 15.2. The van der Waals surface area contributed by atoms with Gasteiger partial charge in [-0.25, -0.2) is 0 Å². The summed E-state index contributed by atoms with van der Waals surface area (Å²) in [5.41, 5.74) is 12.9. The van der Waals surface area contributed by atoms with E-state index in [9.17, 15) is 22.8 Å². The van der Waals surface area contributed by atoms with Crippen LogP contribution < -0.4 is 22.1 Å². The molecule has 0 aromatic heterocycles. The molecular formula is C27H23F3N4O2. The minimum Gasteiger partial charge on any atom is -0.398 e. The Morgan fingerprint density at radius 1 is 0.833 bits per heavy atom. The first-order valence-corrected chi connectivity index (χ1v) is 11.0. The number of alkyl halides is 3. The van der Waals surface area contributed by atoms with Gasteiger partial charge in [0.2, 0.25) is 0 Å². The summed E-state index contributed by atoms with van der Waals surface area (Å²) in [6.07, 6.45) is 1.39. The van der Waals surface area contributed by atoms with Crippen molar-refractivity contribution in [1.29, 1.82) is 0 Å². The number of hydrogen-bond donors (Lipinski definition) is 4. The van der Waals surface area contributed by atoms with Crippen LogP contribution in [0.3, 0.4) is 0 Å². The van der Waals surface area contributed by atoms with Crippen LogP contribution in [-0.2, 0) is 11.0 Å². The van der Waals surface area contributed by atoms with Gasteiger partial charge in [0.15, 0.2) is 0 Å². The first-order valence-electron chi connectivity index (χ1n) is 11.0. The van der Waals surface area contributed by atoms with Gasteiger partial charge in [0, 0.05) is 34.2 Å². The van der Waals surface area contributed by atoms with Gasteiger partial charge in [0.25, 0.3) is 11.8 Å². The molecule has 36 heavy (non-hydrogen) atoms. The highest BCUT2D eigenvalue weighted by atomic mass is 19.4.